The first-order valence-electron chi connectivity index (χ1n) is 11.1. The lowest BCUT2D eigenvalue weighted by molar-refractivity contribution is -0.633. The molecule has 2 aromatic heterocycles. The average Bonchev–Trinajstić information content (AvgIpc) is 3.07. The quantitative estimate of drug-likeness (QED) is 0.216. The van der Waals surface area contributed by atoms with Gasteiger partial charge < -0.3 is 4.42 Å². The van der Waals surface area contributed by atoms with E-state index in [1.54, 1.807) is 0 Å². The molecular formula is C28H29FNOSi+. The van der Waals surface area contributed by atoms with Crippen molar-refractivity contribution in [3.05, 3.63) is 71.0 Å². The van der Waals surface area contributed by atoms with Crippen molar-refractivity contribution in [2.24, 2.45) is 7.05 Å². The SMILES string of the molecule is Cc1cc2c(oc3cc(F)ccc32)c(-c2cc(C)c3c([Si](C)(C)C)cccc3[n+]2C)c1C. The summed E-state index contributed by atoms with van der Waals surface area (Å²) >= 11 is 0. The van der Waals surface area contributed by atoms with Gasteiger partial charge in [-0.25, -0.2) is 4.39 Å². The molecule has 0 saturated carbocycles. The summed E-state index contributed by atoms with van der Waals surface area (Å²) in [5, 5.41) is 4.84. The van der Waals surface area contributed by atoms with Crippen LogP contribution in [0, 0.1) is 26.6 Å². The third-order valence-electron chi connectivity index (χ3n) is 6.82. The van der Waals surface area contributed by atoms with Gasteiger partial charge in [-0.3, -0.25) is 0 Å². The highest BCUT2D eigenvalue weighted by atomic mass is 28.3. The molecule has 2 nitrogen and oxygen atoms in total. The van der Waals surface area contributed by atoms with Gasteiger partial charge in [0.1, 0.15) is 24.0 Å². The van der Waals surface area contributed by atoms with Crippen LogP contribution in [0.3, 0.4) is 0 Å². The first-order valence-corrected chi connectivity index (χ1v) is 14.6. The first kappa shape index (κ1) is 20.9. The van der Waals surface area contributed by atoms with Crippen molar-refractivity contribution in [1.29, 1.82) is 0 Å². The van der Waals surface area contributed by atoms with Gasteiger partial charge in [0.05, 0.1) is 13.6 Å². The Morgan fingerprint density at radius 1 is 0.875 bits per heavy atom. The van der Waals surface area contributed by atoms with Gasteiger partial charge >= 0.3 is 0 Å². The summed E-state index contributed by atoms with van der Waals surface area (Å²) in [6, 6.07) is 16.0. The van der Waals surface area contributed by atoms with Gasteiger partial charge in [-0.1, -0.05) is 31.8 Å². The zero-order valence-corrected chi connectivity index (χ0v) is 20.9. The molecule has 0 aliphatic rings. The number of rotatable bonds is 2. The van der Waals surface area contributed by atoms with Crippen molar-refractivity contribution in [3.63, 3.8) is 0 Å². The van der Waals surface area contributed by atoms with Gasteiger partial charge in [0.25, 0.3) is 0 Å². The van der Waals surface area contributed by atoms with Gasteiger partial charge in [0, 0.05) is 34.4 Å². The molecule has 4 heteroatoms. The number of furan rings is 1. The fourth-order valence-corrected chi connectivity index (χ4v) is 6.69. The normalized spacial score (nSPS) is 12.4. The third-order valence-corrected chi connectivity index (χ3v) is 8.85. The summed E-state index contributed by atoms with van der Waals surface area (Å²) in [6.45, 7) is 13.7. The first-order chi connectivity index (χ1) is 15.1. The minimum atomic E-state index is -1.51. The van der Waals surface area contributed by atoms with Crippen molar-refractivity contribution >= 4 is 46.1 Å². The van der Waals surface area contributed by atoms with Crippen LogP contribution < -0.4 is 9.75 Å². The van der Waals surface area contributed by atoms with Crippen LogP contribution in [0.5, 0.6) is 0 Å². The molecule has 0 aliphatic carbocycles. The number of pyridine rings is 1. The molecule has 0 atom stereocenters. The molecule has 3 aromatic carbocycles. The monoisotopic (exact) mass is 442 g/mol. The summed E-state index contributed by atoms with van der Waals surface area (Å²) in [5.41, 5.74) is 8.52. The second-order valence-electron chi connectivity index (χ2n) is 10.0. The van der Waals surface area contributed by atoms with Crippen molar-refractivity contribution in [3.8, 4) is 11.3 Å². The van der Waals surface area contributed by atoms with Gasteiger partial charge in [0.2, 0.25) is 11.2 Å². The number of hydrogen-bond acceptors (Lipinski definition) is 1. The summed E-state index contributed by atoms with van der Waals surface area (Å²) in [4.78, 5) is 0. The second kappa shape index (κ2) is 7.01. The number of fused-ring (bicyclic) bond motifs is 4. The smallest absolute Gasteiger partial charge is 0.217 e. The van der Waals surface area contributed by atoms with E-state index in [4.69, 9.17) is 4.42 Å². The van der Waals surface area contributed by atoms with Crippen LogP contribution in [-0.4, -0.2) is 8.07 Å². The highest BCUT2D eigenvalue weighted by molar-refractivity contribution is 6.90. The maximum Gasteiger partial charge on any atom is 0.217 e. The topological polar surface area (TPSA) is 17.0 Å². The molecule has 0 fully saturated rings. The fourth-order valence-electron chi connectivity index (χ4n) is 5.02. The predicted molar refractivity (Wildman–Crippen MR) is 135 cm³/mol. The molecule has 2 heterocycles. The van der Waals surface area contributed by atoms with Gasteiger partial charge in [-0.05, 0) is 60.8 Å². The average molecular weight is 443 g/mol. The van der Waals surface area contributed by atoms with Gasteiger partial charge in [0.15, 0.2) is 0 Å². The molecule has 0 unspecified atom stereocenters. The van der Waals surface area contributed by atoms with E-state index in [1.807, 2.05) is 6.07 Å². The summed E-state index contributed by atoms with van der Waals surface area (Å²) < 4.78 is 22.5. The van der Waals surface area contributed by atoms with Gasteiger partial charge in [-0.2, -0.15) is 4.57 Å². The van der Waals surface area contributed by atoms with Crippen LogP contribution in [0.2, 0.25) is 19.6 Å². The fraction of sp³-hybridized carbons (Fsp3) is 0.250. The Morgan fingerprint density at radius 2 is 1.62 bits per heavy atom. The Bertz CT molecular complexity index is 1560. The minimum absolute atomic E-state index is 0.280. The van der Waals surface area contributed by atoms with E-state index in [9.17, 15) is 4.39 Å². The van der Waals surface area contributed by atoms with Crippen molar-refractivity contribution in [2.45, 2.75) is 40.4 Å². The molecule has 0 amide bonds. The molecule has 0 aliphatic heterocycles. The van der Waals surface area contributed by atoms with E-state index in [0.717, 1.165) is 27.6 Å². The maximum absolute atomic E-state index is 13.9. The van der Waals surface area contributed by atoms with E-state index in [1.165, 1.54) is 44.9 Å². The summed E-state index contributed by atoms with van der Waals surface area (Å²) in [7, 11) is 0.633. The van der Waals surface area contributed by atoms with Crippen LogP contribution in [-0.2, 0) is 7.05 Å². The second-order valence-corrected chi connectivity index (χ2v) is 15.1. The van der Waals surface area contributed by atoms with E-state index in [-0.39, 0.29) is 5.82 Å². The lowest BCUT2D eigenvalue weighted by Gasteiger charge is -2.20. The maximum atomic E-state index is 13.9. The molecule has 0 bridgehead atoms. The molecular weight excluding hydrogens is 413 g/mol. The lowest BCUT2D eigenvalue weighted by atomic mass is 9.95. The highest BCUT2D eigenvalue weighted by Crippen LogP contribution is 2.39. The molecule has 0 saturated heterocycles. The number of nitrogens with zero attached hydrogens (tertiary/aromatic N) is 1. The predicted octanol–water partition coefficient (Wildman–Crippen LogP) is 6.84. The molecule has 0 N–H and O–H groups in total. The molecule has 32 heavy (non-hydrogen) atoms. The Morgan fingerprint density at radius 3 is 2.34 bits per heavy atom. The van der Waals surface area contributed by atoms with E-state index < -0.39 is 8.07 Å². The number of aromatic nitrogens is 1. The lowest BCUT2D eigenvalue weighted by Crippen LogP contribution is -2.41. The number of benzene rings is 3. The van der Waals surface area contributed by atoms with Crippen molar-refractivity contribution in [1.82, 2.24) is 0 Å². The van der Waals surface area contributed by atoms with Crippen LogP contribution in [0.25, 0.3) is 44.1 Å². The summed E-state index contributed by atoms with van der Waals surface area (Å²) in [5.74, 6) is -0.280. The Hall–Kier alpha value is -2.98. The third kappa shape index (κ3) is 3.00. The number of hydrogen-bond donors (Lipinski definition) is 0. The zero-order valence-electron chi connectivity index (χ0n) is 19.9. The Balaban J connectivity index is 1.92. The molecule has 162 valence electrons. The molecule has 0 spiro atoms. The van der Waals surface area contributed by atoms with Crippen LogP contribution in [0.4, 0.5) is 4.39 Å². The van der Waals surface area contributed by atoms with Crippen molar-refractivity contribution in [2.75, 3.05) is 0 Å². The molecule has 0 radical (unpaired) electrons. The Labute approximate surface area is 189 Å². The molecule has 5 aromatic rings. The van der Waals surface area contributed by atoms with Crippen molar-refractivity contribution < 1.29 is 13.4 Å². The van der Waals surface area contributed by atoms with Crippen LogP contribution in [0.15, 0.2) is 52.9 Å². The largest absolute Gasteiger partial charge is 0.455 e. The zero-order chi connectivity index (χ0) is 22.9. The van der Waals surface area contributed by atoms with E-state index >= 15 is 0 Å². The van der Waals surface area contributed by atoms with Crippen LogP contribution in [0.1, 0.15) is 16.7 Å². The standard InChI is InChI=1S/C28H29FNOSi/c1-16-13-21-20-12-11-19(29)15-24(20)31-28(21)27(18(16)3)23-14-17(2)26-22(30(23)4)9-8-10-25(26)32(5,6)7/h8-15H,1-7H3/q+1. The van der Waals surface area contributed by atoms with Crippen LogP contribution >= 0.6 is 0 Å². The summed E-state index contributed by atoms with van der Waals surface area (Å²) in [6.07, 6.45) is 0. The number of halogens is 1. The van der Waals surface area contributed by atoms with Gasteiger partial charge in [-0.15, -0.1) is 0 Å². The minimum Gasteiger partial charge on any atom is -0.455 e. The molecule has 5 rings (SSSR count). The van der Waals surface area contributed by atoms with E-state index in [2.05, 4.69) is 82.4 Å². The Kier molecular flexibility index (Phi) is 4.58. The van der Waals surface area contributed by atoms with E-state index in [0.29, 0.717) is 5.58 Å². The highest BCUT2D eigenvalue weighted by Gasteiger charge is 2.28. The number of aryl methyl sites for hydroxylation is 3.